The Balaban J connectivity index is 1.79. The fourth-order valence-electron chi connectivity index (χ4n) is 3.53. The summed E-state index contributed by atoms with van der Waals surface area (Å²) in [4.78, 5) is 25.7. The van der Waals surface area contributed by atoms with Crippen molar-refractivity contribution in [2.45, 2.75) is 64.7 Å². The summed E-state index contributed by atoms with van der Waals surface area (Å²) in [6.07, 6.45) is 9.14. The quantitative estimate of drug-likeness (QED) is 0.765. The summed E-state index contributed by atoms with van der Waals surface area (Å²) < 4.78 is 0. The van der Waals surface area contributed by atoms with Gasteiger partial charge in [-0.3, -0.25) is 9.59 Å². The summed E-state index contributed by atoms with van der Waals surface area (Å²) in [7, 11) is 0. The molecule has 0 radical (unpaired) electrons. The molecule has 0 aromatic heterocycles. The van der Waals surface area contributed by atoms with E-state index in [-0.39, 0.29) is 5.92 Å². The van der Waals surface area contributed by atoms with Crippen LogP contribution in [0.4, 0.5) is 0 Å². The summed E-state index contributed by atoms with van der Waals surface area (Å²) in [5.74, 6) is 1.70. The van der Waals surface area contributed by atoms with E-state index in [1.54, 1.807) is 0 Å². The first-order valence-corrected chi connectivity index (χ1v) is 8.01. The fourth-order valence-corrected chi connectivity index (χ4v) is 3.53. The number of rotatable bonds is 5. The maximum absolute atomic E-state index is 12.1. The van der Waals surface area contributed by atoms with E-state index < -0.39 is 0 Å². The minimum absolute atomic E-state index is 0.238. The number of ketones is 1. The van der Waals surface area contributed by atoms with Gasteiger partial charge in [0.05, 0.1) is 0 Å². The first-order valence-electron chi connectivity index (χ1n) is 8.01. The third-order valence-corrected chi connectivity index (χ3v) is 4.80. The van der Waals surface area contributed by atoms with Crippen LogP contribution in [0.1, 0.15) is 64.7 Å². The second-order valence-electron chi connectivity index (χ2n) is 6.21. The van der Waals surface area contributed by atoms with E-state index in [1.807, 2.05) is 4.90 Å². The van der Waals surface area contributed by atoms with Gasteiger partial charge in [-0.25, -0.2) is 0 Å². The van der Waals surface area contributed by atoms with Crippen molar-refractivity contribution in [3.05, 3.63) is 0 Å². The number of likely N-dealkylation sites (tertiary alicyclic amines) is 1. The van der Waals surface area contributed by atoms with E-state index in [2.05, 4.69) is 6.92 Å². The molecule has 2 atom stereocenters. The molecular weight excluding hydrogens is 238 g/mol. The van der Waals surface area contributed by atoms with Crippen LogP contribution in [-0.4, -0.2) is 29.7 Å². The lowest BCUT2D eigenvalue weighted by Gasteiger charge is -2.22. The smallest absolute Gasteiger partial charge is 0.222 e. The van der Waals surface area contributed by atoms with Gasteiger partial charge < -0.3 is 4.90 Å². The molecule has 2 rings (SSSR count). The van der Waals surface area contributed by atoms with Gasteiger partial charge in [0.15, 0.2) is 0 Å². The van der Waals surface area contributed by atoms with Crippen molar-refractivity contribution in [2.75, 3.05) is 13.1 Å². The van der Waals surface area contributed by atoms with Crippen LogP contribution in [0.25, 0.3) is 0 Å². The van der Waals surface area contributed by atoms with Crippen LogP contribution in [0.3, 0.4) is 0 Å². The third-order valence-electron chi connectivity index (χ3n) is 4.80. The predicted molar refractivity (Wildman–Crippen MR) is 75.8 cm³/mol. The van der Waals surface area contributed by atoms with Crippen molar-refractivity contribution in [1.29, 1.82) is 0 Å². The molecule has 3 heteroatoms. The average molecular weight is 265 g/mol. The van der Waals surface area contributed by atoms with Gasteiger partial charge in [-0.05, 0) is 38.0 Å². The highest BCUT2D eigenvalue weighted by molar-refractivity contribution is 5.83. The fraction of sp³-hybridized carbons (Fsp3) is 0.875. The highest BCUT2D eigenvalue weighted by Crippen LogP contribution is 2.26. The molecule has 19 heavy (non-hydrogen) atoms. The Morgan fingerprint density at radius 3 is 2.63 bits per heavy atom. The topological polar surface area (TPSA) is 37.4 Å². The highest BCUT2D eigenvalue weighted by Gasteiger charge is 2.27. The number of Topliss-reactive ketones (excluding diaryl/α,β-unsaturated/α-hetero) is 1. The molecule has 108 valence electrons. The highest BCUT2D eigenvalue weighted by atomic mass is 16.2. The summed E-state index contributed by atoms with van der Waals surface area (Å²) >= 11 is 0. The van der Waals surface area contributed by atoms with Gasteiger partial charge in [0.2, 0.25) is 5.91 Å². The Kier molecular flexibility index (Phi) is 5.41. The van der Waals surface area contributed by atoms with Gasteiger partial charge in [-0.2, -0.15) is 0 Å². The van der Waals surface area contributed by atoms with E-state index in [9.17, 15) is 9.59 Å². The standard InChI is InChI=1S/C16H27NO2/c1-2-4-13-7-8-16(19)17(11-9-13)12-10-14-5-3-6-15(14)18/h13-14H,2-12H2,1H3. The minimum atomic E-state index is 0.238. The molecule has 0 N–H and O–H groups in total. The van der Waals surface area contributed by atoms with Crippen molar-refractivity contribution in [1.82, 2.24) is 4.90 Å². The lowest BCUT2D eigenvalue weighted by Crippen LogP contribution is -2.32. The minimum Gasteiger partial charge on any atom is -0.343 e. The molecule has 1 saturated carbocycles. The number of carbonyl (C=O) groups is 2. The summed E-state index contributed by atoms with van der Waals surface area (Å²) in [5.41, 5.74) is 0. The Labute approximate surface area is 116 Å². The monoisotopic (exact) mass is 265 g/mol. The maximum Gasteiger partial charge on any atom is 0.222 e. The summed E-state index contributed by atoms with van der Waals surface area (Å²) in [6.45, 7) is 3.93. The molecule has 0 aromatic rings. The average Bonchev–Trinajstić information content (AvgIpc) is 2.72. The molecule has 0 bridgehead atoms. The number of carbonyl (C=O) groups excluding carboxylic acids is 2. The van der Waals surface area contributed by atoms with Gasteiger partial charge in [-0.15, -0.1) is 0 Å². The van der Waals surface area contributed by atoms with Gasteiger partial charge >= 0.3 is 0 Å². The molecule has 2 fully saturated rings. The van der Waals surface area contributed by atoms with Crippen LogP contribution >= 0.6 is 0 Å². The molecule has 1 heterocycles. The number of nitrogens with zero attached hydrogens (tertiary/aromatic N) is 1. The van der Waals surface area contributed by atoms with E-state index in [0.29, 0.717) is 18.1 Å². The van der Waals surface area contributed by atoms with Crippen LogP contribution < -0.4 is 0 Å². The second-order valence-corrected chi connectivity index (χ2v) is 6.21. The second kappa shape index (κ2) is 7.06. The molecule has 2 aliphatic rings. The van der Waals surface area contributed by atoms with Crippen LogP contribution in [0.2, 0.25) is 0 Å². The zero-order valence-electron chi connectivity index (χ0n) is 12.2. The van der Waals surface area contributed by atoms with E-state index in [0.717, 1.165) is 57.5 Å². The summed E-state index contributed by atoms with van der Waals surface area (Å²) in [5, 5.41) is 0. The SMILES string of the molecule is CCCC1CCC(=O)N(CCC2CCCC2=O)CC1. The summed E-state index contributed by atoms with van der Waals surface area (Å²) in [6, 6.07) is 0. The van der Waals surface area contributed by atoms with Gasteiger partial charge in [0.25, 0.3) is 0 Å². The van der Waals surface area contributed by atoms with Gasteiger partial charge in [0.1, 0.15) is 5.78 Å². The molecule has 0 spiro atoms. The Bertz CT molecular complexity index is 327. The van der Waals surface area contributed by atoms with Crippen molar-refractivity contribution in [2.24, 2.45) is 11.8 Å². The molecule has 3 nitrogen and oxygen atoms in total. The molecule has 1 amide bonds. The van der Waals surface area contributed by atoms with Crippen LogP contribution in [0, 0.1) is 11.8 Å². The number of amides is 1. The van der Waals surface area contributed by atoms with Gasteiger partial charge in [-0.1, -0.05) is 19.8 Å². The Morgan fingerprint density at radius 1 is 1.11 bits per heavy atom. The third kappa shape index (κ3) is 4.05. The first kappa shape index (κ1) is 14.5. The van der Waals surface area contributed by atoms with Crippen molar-refractivity contribution in [3.8, 4) is 0 Å². The largest absolute Gasteiger partial charge is 0.343 e. The number of hydrogen-bond donors (Lipinski definition) is 0. The van der Waals surface area contributed by atoms with Gasteiger partial charge in [0, 0.05) is 31.8 Å². The first-order chi connectivity index (χ1) is 9.20. The van der Waals surface area contributed by atoms with Crippen molar-refractivity contribution >= 4 is 11.7 Å². The van der Waals surface area contributed by atoms with E-state index in [1.165, 1.54) is 12.8 Å². The predicted octanol–water partition coefficient (Wildman–Crippen LogP) is 3.17. The van der Waals surface area contributed by atoms with E-state index in [4.69, 9.17) is 0 Å². The lowest BCUT2D eigenvalue weighted by atomic mass is 9.96. The lowest BCUT2D eigenvalue weighted by molar-refractivity contribution is -0.131. The van der Waals surface area contributed by atoms with Crippen LogP contribution in [0.15, 0.2) is 0 Å². The Hall–Kier alpha value is -0.860. The van der Waals surface area contributed by atoms with Crippen molar-refractivity contribution in [3.63, 3.8) is 0 Å². The molecule has 2 unspecified atom stereocenters. The number of hydrogen-bond acceptors (Lipinski definition) is 2. The zero-order valence-corrected chi connectivity index (χ0v) is 12.2. The van der Waals surface area contributed by atoms with E-state index >= 15 is 0 Å². The molecule has 1 aliphatic heterocycles. The molecule has 1 aliphatic carbocycles. The normalized spacial score (nSPS) is 28.8. The van der Waals surface area contributed by atoms with Crippen LogP contribution in [0.5, 0.6) is 0 Å². The maximum atomic E-state index is 12.1. The molecular formula is C16H27NO2. The Morgan fingerprint density at radius 2 is 1.95 bits per heavy atom. The molecule has 0 aromatic carbocycles. The van der Waals surface area contributed by atoms with Crippen LogP contribution in [-0.2, 0) is 9.59 Å². The van der Waals surface area contributed by atoms with Crippen molar-refractivity contribution < 1.29 is 9.59 Å². The molecule has 1 saturated heterocycles. The zero-order chi connectivity index (χ0) is 13.7.